The molecule has 13 heteroatoms. The first-order chi connectivity index (χ1) is 18.1. The van der Waals surface area contributed by atoms with Crippen LogP contribution in [0, 0.1) is 20.2 Å². The van der Waals surface area contributed by atoms with E-state index in [1.807, 2.05) is 0 Å². The Morgan fingerprint density at radius 3 is 2.03 bits per heavy atom. The lowest BCUT2D eigenvalue weighted by molar-refractivity contribution is -0.394. The molecule has 0 saturated carbocycles. The lowest BCUT2D eigenvalue weighted by atomic mass is 10.1. The molecule has 0 unspecified atom stereocenters. The summed E-state index contributed by atoms with van der Waals surface area (Å²) < 4.78 is 4.94. The molecule has 1 aliphatic rings. The number of ether oxygens (including phenoxy) is 1. The first-order valence-electron chi connectivity index (χ1n) is 11.1. The summed E-state index contributed by atoms with van der Waals surface area (Å²) in [5.41, 5.74) is -1.43. The molecule has 1 heterocycles. The van der Waals surface area contributed by atoms with Gasteiger partial charge < -0.3 is 4.74 Å². The summed E-state index contributed by atoms with van der Waals surface area (Å²) in [5.74, 6) is -2.98. The maximum atomic E-state index is 13.7. The zero-order valence-electron chi connectivity index (χ0n) is 19.7. The van der Waals surface area contributed by atoms with Gasteiger partial charge in [0, 0.05) is 11.8 Å². The lowest BCUT2D eigenvalue weighted by Crippen LogP contribution is -2.44. The number of amides is 3. The van der Waals surface area contributed by atoms with E-state index in [0.717, 1.165) is 21.9 Å². The molecule has 38 heavy (non-hydrogen) atoms. The highest BCUT2D eigenvalue weighted by Crippen LogP contribution is 2.30. The molecule has 13 nitrogen and oxygen atoms in total. The van der Waals surface area contributed by atoms with E-state index in [1.165, 1.54) is 36.4 Å². The van der Waals surface area contributed by atoms with E-state index in [9.17, 15) is 39.4 Å². The second-order valence-corrected chi connectivity index (χ2v) is 7.94. The highest BCUT2D eigenvalue weighted by molar-refractivity contribution is 6.22. The fourth-order valence-electron chi connectivity index (χ4n) is 3.87. The molecule has 0 aromatic heterocycles. The number of esters is 1. The van der Waals surface area contributed by atoms with E-state index in [-0.39, 0.29) is 29.0 Å². The van der Waals surface area contributed by atoms with Crippen molar-refractivity contribution >= 4 is 40.8 Å². The van der Waals surface area contributed by atoms with Crippen LogP contribution < -0.4 is 4.90 Å². The highest BCUT2D eigenvalue weighted by atomic mass is 16.6. The Morgan fingerprint density at radius 1 is 0.895 bits per heavy atom. The average Bonchev–Trinajstić information content (AvgIpc) is 3.15. The highest BCUT2D eigenvalue weighted by Gasteiger charge is 2.38. The van der Waals surface area contributed by atoms with Crippen molar-refractivity contribution < 1.29 is 33.8 Å². The third-order valence-corrected chi connectivity index (χ3v) is 5.72. The van der Waals surface area contributed by atoms with E-state index in [0.29, 0.717) is 6.07 Å². The second kappa shape index (κ2) is 10.3. The van der Waals surface area contributed by atoms with Gasteiger partial charge in [-0.2, -0.15) is 0 Å². The molecule has 0 bridgehead atoms. The molecule has 3 amide bonds. The maximum Gasteiger partial charge on any atom is 0.338 e. The van der Waals surface area contributed by atoms with Gasteiger partial charge in [0.2, 0.25) is 0 Å². The van der Waals surface area contributed by atoms with Crippen LogP contribution in [0.15, 0.2) is 66.7 Å². The molecule has 3 aromatic carbocycles. The van der Waals surface area contributed by atoms with E-state index >= 15 is 0 Å². The molecule has 4 rings (SSSR count). The minimum absolute atomic E-state index is 0.0901. The molecule has 0 spiro atoms. The number of nitro groups is 2. The van der Waals surface area contributed by atoms with Crippen LogP contribution in [0.5, 0.6) is 0 Å². The van der Waals surface area contributed by atoms with Crippen LogP contribution in [0.1, 0.15) is 48.4 Å². The number of carbonyl (C=O) groups excluding carboxylic acids is 4. The van der Waals surface area contributed by atoms with Crippen molar-refractivity contribution in [2.24, 2.45) is 0 Å². The number of rotatable bonds is 8. The summed E-state index contributed by atoms with van der Waals surface area (Å²) in [6.07, 6.45) is 0. The van der Waals surface area contributed by atoms with Crippen molar-refractivity contribution in [3.05, 3.63) is 109 Å². The van der Waals surface area contributed by atoms with Gasteiger partial charge in [0.05, 0.1) is 39.2 Å². The number of fused-ring (bicyclic) bond motifs is 1. The largest absolute Gasteiger partial charge is 0.462 e. The fraction of sp³-hybridized carbons (Fsp3) is 0.120. The van der Waals surface area contributed by atoms with Crippen LogP contribution in [-0.2, 0) is 4.74 Å². The van der Waals surface area contributed by atoms with Crippen molar-refractivity contribution in [3.8, 4) is 0 Å². The summed E-state index contributed by atoms with van der Waals surface area (Å²) >= 11 is 0. The van der Waals surface area contributed by atoms with Crippen LogP contribution in [-0.4, -0.2) is 51.7 Å². The van der Waals surface area contributed by atoms with Crippen molar-refractivity contribution in [2.45, 2.75) is 6.92 Å². The lowest BCUT2D eigenvalue weighted by Gasteiger charge is -2.27. The van der Waals surface area contributed by atoms with Crippen LogP contribution in [0.25, 0.3) is 0 Å². The molecule has 0 N–H and O–H groups in total. The zero-order chi connectivity index (χ0) is 27.6. The fourth-order valence-corrected chi connectivity index (χ4v) is 3.87. The zero-order valence-corrected chi connectivity index (χ0v) is 19.7. The van der Waals surface area contributed by atoms with Crippen molar-refractivity contribution in [2.75, 3.05) is 18.2 Å². The Morgan fingerprint density at radius 2 is 1.50 bits per heavy atom. The van der Waals surface area contributed by atoms with Gasteiger partial charge in [-0.25, -0.2) is 4.79 Å². The van der Waals surface area contributed by atoms with Crippen molar-refractivity contribution in [3.63, 3.8) is 0 Å². The Balaban J connectivity index is 1.78. The van der Waals surface area contributed by atoms with E-state index in [1.54, 1.807) is 19.1 Å². The smallest absolute Gasteiger partial charge is 0.338 e. The molecule has 0 atom stereocenters. The summed E-state index contributed by atoms with van der Waals surface area (Å²) in [5, 5.41) is 22.8. The van der Waals surface area contributed by atoms with E-state index in [2.05, 4.69) is 0 Å². The Bertz CT molecular complexity index is 1470. The monoisotopic (exact) mass is 518 g/mol. The number of hydrogen-bond acceptors (Lipinski definition) is 9. The van der Waals surface area contributed by atoms with Gasteiger partial charge in [-0.15, -0.1) is 0 Å². The molecular formula is C25H18N4O9. The van der Waals surface area contributed by atoms with Gasteiger partial charge in [-0.1, -0.05) is 12.1 Å². The predicted molar refractivity (Wildman–Crippen MR) is 131 cm³/mol. The Labute approximate surface area is 214 Å². The number of nitro benzene ring substituents is 2. The molecule has 1 aliphatic heterocycles. The van der Waals surface area contributed by atoms with Crippen LogP contribution in [0.3, 0.4) is 0 Å². The number of non-ortho nitro benzene ring substituents is 1. The van der Waals surface area contributed by atoms with Gasteiger partial charge in [0.25, 0.3) is 29.1 Å². The number of nitrogens with zero attached hydrogens (tertiary/aromatic N) is 4. The first kappa shape index (κ1) is 25.6. The number of carbonyl (C=O) groups is 4. The number of anilines is 1. The summed E-state index contributed by atoms with van der Waals surface area (Å²) in [6.45, 7) is 1.14. The number of hydrogen-bond donors (Lipinski definition) is 0. The minimum atomic E-state index is -1.01. The topological polar surface area (TPSA) is 170 Å². The van der Waals surface area contributed by atoms with Gasteiger partial charge in [0.15, 0.2) is 0 Å². The standard InChI is InChI=1S/C25H18N4O9/c1-2-38-25(33)15-7-9-16(10-8-15)26(14-27-22(30)18-5-3-4-6-19(18)23(27)31)24(32)20-12-11-17(28(34)35)13-21(20)29(36)37/h3-13H,2,14H2,1H3. The molecule has 0 radical (unpaired) electrons. The van der Waals surface area contributed by atoms with Gasteiger partial charge >= 0.3 is 5.97 Å². The van der Waals surface area contributed by atoms with Crippen LogP contribution in [0.4, 0.5) is 17.1 Å². The molecule has 3 aromatic rings. The van der Waals surface area contributed by atoms with Crippen LogP contribution >= 0.6 is 0 Å². The SMILES string of the molecule is CCOC(=O)c1ccc(N(CN2C(=O)c3ccccc3C2=O)C(=O)c2ccc([N+](=O)[O-])cc2[N+](=O)[O-])cc1. The number of imide groups is 1. The molecule has 192 valence electrons. The third kappa shape index (κ3) is 4.67. The molecular weight excluding hydrogens is 500 g/mol. The molecule has 0 saturated heterocycles. The van der Waals surface area contributed by atoms with Gasteiger partial charge in [-0.3, -0.25) is 44.4 Å². The Hall–Kier alpha value is -5.46. The quantitative estimate of drug-likeness (QED) is 0.187. The van der Waals surface area contributed by atoms with E-state index < -0.39 is 57.1 Å². The van der Waals surface area contributed by atoms with Crippen molar-refractivity contribution in [1.29, 1.82) is 0 Å². The molecule has 0 fully saturated rings. The summed E-state index contributed by atoms with van der Waals surface area (Å²) in [4.78, 5) is 74.4. The van der Waals surface area contributed by atoms with Crippen LogP contribution in [0.2, 0.25) is 0 Å². The third-order valence-electron chi connectivity index (χ3n) is 5.72. The minimum Gasteiger partial charge on any atom is -0.462 e. The van der Waals surface area contributed by atoms with Gasteiger partial charge in [-0.05, 0) is 49.4 Å². The second-order valence-electron chi connectivity index (χ2n) is 7.94. The van der Waals surface area contributed by atoms with Crippen molar-refractivity contribution in [1.82, 2.24) is 4.90 Å². The van der Waals surface area contributed by atoms with Gasteiger partial charge in [0.1, 0.15) is 12.2 Å². The summed E-state index contributed by atoms with van der Waals surface area (Å²) in [7, 11) is 0. The normalized spacial score (nSPS) is 12.2. The molecule has 0 aliphatic carbocycles. The van der Waals surface area contributed by atoms with E-state index in [4.69, 9.17) is 4.74 Å². The maximum absolute atomic E-state index is 13.7. The first-order valence-corrected chi connectivity index (χ1v) is 11.1. The Kier molecular flexibility index (Phi) is 6.92. The number of benzene rings is 3. The average molecular weight is 518 g/mol. The predicted octanol–water partition coefficient (Wildman–Crippen LogP) is 3.58. The summed E-state index contributed by atoms with van der Waals surface area (Å²) in [6, 6.07) is 14.0.